The summed E-state index contributed by atoms with van der Waals surface area (Å²) in [5.74, 6) is 0.180. The maximum atomic E-state index is 12.1. The highest BCUT2D eigenvalue weighted by atomic mass is 16.3. The summed E-state index contributed by atoms with van der Waals surface area (Å²) in [6.07, 6.45) is 9.34. The van der Waals surface area contributed by atoms with Gasteiger partial charge in [0.25, 0.3) is 0 Å². The van der Waals surface area contributed by atoms with Crippen LogP contribution in [0.2, 0.25) is 0 Å². The molecule has 0 bridgehead atoms. The minimum atomic E-state index is -0.402. The molecule has 1 N–H and O–H groups in total. The molecule has 120 valence electrons. The average Bonchev–Trinajstić information content (AvgIpc) is 2.89. The smallest absolute Gasteiger partial charge is 0.227 e. The van der Waals surface area contributed by atoms with E-state index >= 15 is 0 Å². The van der Waals surface area contributed by atoms with Crippen molar-refractivity contribution < 1.29 is 9.90 Å². The van der Waals surface area contributed by atoms with Gasteiger partial charge in [0.1, 0.15) is 0 Å². The number of rotatable bonds is 7. The molecule has 22 heavy (non-hydrogen) atoms. The van der Waals surface area contributed by atoms with Crippen LogP contribution in [0.5, 0.6) is 0 Å². The molecule has 0 aliphatic carbocycles. The Morgan fingerprint density at radius 1 is 1.32 bits per heavy atom. The molecule has 1 aliphatic heterocycles. The number of unbranched alkanes of at least 4 members (excludes halogenated alkanes) is 2. The molecule has 0 radical (unpaired) electrons. The van der Waals surface area contributed by atoms with Gasteiger partial charge in [0.2, 0.25) is 5.91 Å². The highest BCUT2D eigenvalue weighted by Crippen LogP contribution is 2.29. The van der Waals surface area contributed by atoms with Gasteiger partial charge < -0.3 is 10.0 Å². The SMILES string of the molecule is C/C=C/C1CCC(=O)N1c1ccc(C(O)CCCCC)cc1. The van der Waals surface area contributed by atoms with Gasteiger partial charge >= 0.3 is 0 Å². The number of hydrogen-bond acceptors (Lipinski definition) is 2. The average molecular weight is 301 g/mol. The van der Waals surface area contributed by atoms with Gasteiger partial charge in [0, 0.05) is 12.1 Å². The van der Waals surface area contributed by atoms with E-state index in [0.717, 1.165) is 43.4 Å². The van der Waals surface area contributed by atoms with E-state index < -0.39 is 6.10 Å². The third-order valence-corrected chi connectivity index (χ3v) is 4.31. The molecule has 0 saturated carbocycles. The maximum Gasteiger partial charge on any atom is 0.227 e. The summed E-state index contributed by atoms with van der Waals surface area (Å²) in [6, 6.07) is 7.97. The predicted molar refractivity (Wildman–Crippen MR) is 90.9 cm³/mol. The summed E-state index contributed by atoms with van der Waals surface area (Å²) in [6.45, 7) is 4.14. The summed E-state index contributed by atoms with van der Waals surface area (Å²) in [5, 5.41) is 10.2. The van der Waals surface area contributed by atoms with Gasteiger partial charge in [-0.1, -0.05) is 50.5 Å². The topological polar surface area (TPSA) is 40.5 Å². The fourth-order valence-electron chi connectivity index (χ4n) is 3.06. The van der Waals surface area contributed by atoms with E-state index in [1.54, 1.807) is 0 Å². The van der Waals surface area contributed by atoms with Crippen LogP contribution in [0.3, 0.4) is 0 Å². The lowest BCUT2D eigenvalue weighted by Gasteiger charge is -2.23. The van der Waals surface area contributed by atoms with Crippen LogP contribution in [-0.2, 0) is 4.79 Å². The number of nitrogens with zero attached hydrogens (tertiary/aromatic N) is 1. The summed E-state index contributed by atoms with van der Waals surface area (Å²) in [7, 11) is 0. The van der Waals surface area contributed by atoms with Crippen LogP contribution in [-0.4, -0.2) is 17.1 Å². The number of amides is 1. The number of allylic oxidation sites excluding steroid dienone is 1. The second-order valence-electron chi connectivity index (χ2n) is 6.00. The molecule has 1 heterocycles. The minimum Gasteiger partial charge on any atom is -0.388 e. The molecule has 1 aliphatic rings. The van der Waals surface area contributed by atoms with Crippen molar-refractivity contribution in [1.82, 2.24) is 0 Å². The highest BCUT2D eigenvalue weighted by molar-refractivity contribution is 5.96. The van der Waals surface area contributed by atoms with Crippen molar-refractivity contribution in [2.24, 2.45) is 0 Å². The molecule has 2 unspecified atom stereocenters. The van der Waals surface area contributed by atoms with Crippen molar-refractivity contribution in [3.05, 3.63) is 42.0 Å². The minimum absolute atomic E-state index is 0.165. The molecule has 1 aromatic carbocycles. The normalized spacial score (nSPS) is 20.0. The van der Waals surface area contributed by atoms with Crippen LogP contribution in [0.15, 0.2) is 36.4 Å². The van der Waals surface area contributed by atoms with Crippen LogP contribution in [0.1, 0.15) is 64.0 Å². The molecule has 1 amide bonds. The van der Waals surface area contributed by atoms with Crippen molar-refractivity contribution in [3.8, 4) is 0 Å². The van der Waals surface area contributed by atoms with Gasteiger partial charge in [-0.3, -0.25) is 4.79 Å². The van der Waals surface area contributed by atoms with Gasteiger partial charge in [0.15, 0.2) is 0 Å². The third kappa shape index (κ3) is 3.98. The van der Waals surface area contributed by atoms with Crippen LogP contribution in [0.25, 0.3) is 0 Å². The number of aliphatic hydroxyl groups excluding tert-OH is 1. The van der Waals surface area contributed by atoms with Gasteiger partial charge in [-0.2, -0.15) is 0 Å². The lowest BCUT2D eigenvalue weighted by Crippen LogP contribution is -2.31. The first-order chi connectivity index (χ1) is 10.7. The molecular formula is C19H27NO2. The van der Waals surface area contributed by atoms with E-state index in [0.29, 0.717) is 6.42 Å². The largest absolute Gasteiger partial charge is 0.388 e. The second-order valence-corrected chi connectivity index (χ2v) is 6.00. The molecule has 3 nitrogen and oxygen atoms in total. The van der Waals surface area contributed by atoms with Crippen LogP contribution in [0.4, 0.5) is 5.69 Å². The Bertz CT molecular complexity index is 507. The van der Waals surface area contributed by atoms with Crippen molar-refractivity contribution in [2.75, 3.05) is 4.90 Å². The summed E-state index contributed by atoms with van der Waals surface area (Å²) >= 11 is 0. The molecule has 0 aromatic heterocycles. The van der Waals surface area contributed by atoms with E-state index in [1.165, 1.54) is 0 Å². The fourth-order valence-corrected chi connectivity index (χ4v) is 3.06. The first kappa shape index (κ1) is 16.8. The number of carbonyl (C=O) groups is 1. The zero-order valence-electron chi connectivity index (χ0n) is 13.7. The molecule has 1 aromatic rings. The Labute approximate surface area is 133 Å². The predicted octanol–water partition coefficient (Wildman–Crippen LogP) is 4.37. The van der Waals surface area contributed by atoms with Gasteiger partial charge in [0.05, 0.1) is 12.1 Å². The van der Waals surface area contributed by atoms with Crippen molar-refractivity contribution in [1.29, 1.82) is 0 Å². The maximum absolute atomic E-state index is 12.1. The number of anilines is 1. The van der Waals surface area contributed by atoms with Gasteiger partial charge in [-0.15, -0.1) is 0 Å². The standard InChI is InChI=1S/C19H27NO2/c1-3-5-6-8-18(21)15-9-11-17(12-10-15)20-16(7-4-2)13-14-19(20)22/h4,7,9-12,16,18,21H,3,5-6,8,13-14H2,1-2H3/b7-4+. The molecule has 0 spiro atoms. The van der Waals surface area contributed by atoms with Crippen LogP contribution in [0, 0.1) is 0 Å². The first-order valence-electron chi connectivity index (χ1n) is 8.40. The van der Waals surface area contributed by atoms with E-state index in [-0.39, 0.29) is 11.9 Å². The monoisotopic (exact) mass is 301 g/mol. The summed E-state index contributed by atoms with van der Waals surface area (Å²) in [4.78, 5) is 14.0. The first-order valence-corrected chi connectivity index (χ1v) is 8.40. The Hall–Kier alpha value is -1.61. The summed E-state index contributed by atoms with van der Waals surface area (Å²) in [5.41, 5.74) is 1.86. The molecule has 2 rings (SSSR count). The third-order valence-electron chi connectivity index (χ3n) is 4.31. The van der Waals surface area contributed by atoms with Crippen molar-refractivity contribution >= 4 is 11.6 Å². The highest BCUT2D eigenvalue weighted by Gasteiger charge is 2.30. The molecule has 2 atom stereocenters. The van der Waals surface area contributed by atoms with E-state index in [4.69, 9.17) is 0 Å². The number of hydrogen-bond donors (Lipinski definition) is 1. The summed E-state index contributed by atoms with van der Waals surface area (Å²) < 4.78 is 0. The fraction of sp³-hybridized carbons (Fsp3) is 0.526. The molecular weight excluding hydrogens is 274 g/mol. The van der Waals surface area contributed by atoms with Crippen LogP contribution >= 0.6 is 0 Å². The molecule has 3 heteroatoms. The van der Waals surface area contributed by atoms with Gasteiger partial charge in [-0.25, -0.2) is 0 Å². The van der Waals surface area contributed by atoms with E-state index in [1.807, 2.05) is 42.2 Å². The zero-order chi connectivity index (χ0) is 15.9. The Morgan fingerprint density at radius 2 is 2.05 bits per heavy atom. The number of benzene rings is 1. The van der Waals surface area contributed by atoms with Crippen molar-refractivity contribution in [3.63, 3.8) is 0 Å². The molecule has 1 fully saturated rings. The lowest BCUT2D eigenvalue weighted by molar-refractivity contribution is -0.117. The van der Waals surface area contributed by atoms with E-state index in [9.17, 15) is 9.90 Å². The molecule has 1 saturated heterocycles. The van der Waals surface area contributed by atoms with E-state index in [2.05, 4.69) is 13.0 Å². The van der Waals surface area contributed by atoms with Crippen LogP contribution < -0.4 is 4.90 Å². The lowest BCUT2D eigenvalue weighted by atomic mass is 10.0. The Morgan fingerprint density at radius 3 is 2.68 bits per heavy atom. The number of aliphatic hydroxyl groups is 1. The second kappa shape index (κ2) is 8.14. The Kier molecular flexibility index (Phi) is 6.20. The number of carbonyl (C=O) groups excluding carboxylic acids is 1. The van der Waals surface area contributed by atoms with Gasteiger partial charge in [-0.05, 0) is 37.5 Å². The Balaban J connectivity index is 2.06. The quantitative estimate of drug-likeness (QED) is 0.600. The van der Waals surface area contributed by atoms with Crippen molar-refractivity contribution in [2.45, 2.75) is 64.5 Å². The zero-order valence-corrected chi connectivity index (χ0v) is 13.7.